The summed E-state index contributed by atoms with van der Waals surface area (Å²) in [6.45, 7) is 5.04. The number of anilines is 1. The normalized spacial score (nSPS) is 32.3. The lowest BCUT2D eigenvalue weighted by molar-refractivity contribution is 0.128. The van der Waals surface area contributed by atoms with Crippen molar-refractivity contribution in [2.75, 3.05) is 31.1 Å². The molecule has 1 aromatic heterocycles. The second-order valence-electron chi connectivity index (χ2n) is 7.97. The maximum atomic E-state index is 4.61. The standard InChI is InChI=1S/C18H26N4/c1-2-13(1)8-21-9-14-3-6-16(21)11-22(10-14)18-7-17(15-4-5-15)19-12-20-18/h7,12-16H,1-6,8-11H2/t14-,16-/m1/s1. The van der Waals surface area contributed by atoms with Gasteiger partial charge >= 0.3 is 0 Å². The molecular weight excluding hydrogens is 272 g/mol. The molecule has 2 aliphatic carbocycles. The summed E-state index contributed by atoms with van der Waals surface area (Å²) in [5.41, 5.74) is 1.27. The van der Waals surface area contributed by atoms with Crippen LogP contribution in [0, 0.1) is 11.8 Å². The van der Waals surface area contributed by atoms with Crippen LogP contribution in [0.5, 0.6) is 0 Å². The van der Waals surface area contributed by atoms with Gasteiger partial charge < -0.3 is 4.90 Å². The van der Waals surface area contributed by atoms with Crippen LogP contribution >= 0.6 is 0 Å². The van der Waals surface area contributed by atoms with Crippen molar-refractivity contribution < 1.29 is 0 Å². The number of hydrogen-bond acceptors (Lipinski definition) is 4. The predicted molar refractivity (Wildman–Crippen MR) is 87.0 cm³/mol. The Hall–Kier alpha value is -1.16. The average Bonchev–Trinajstić information content (AvgIpc) is 3.41. The van der Waals surface area contributed by atoms with Gasteiger partial charge in [0.05, 0.1) is 0 Å². The molecule has 0 N–H and O–H groups in total. The van der Waals surface area contributed by atoms with Gasteiger partial charge in [-0.05, 0) is 50.4 Å². The monoisotopic (exact) mass is 298 g/mol. The predicted octanol–water partition coefficient (Wildman–Crippen LogP) is 2.66. The van der Waals surface area contributed by atoms with Gasteiger partial charge in [-0.15, -0.1) is 0 Å². The van der Waals surface area contributed by atoms with Crippen LogP contribution in [0.4, 0.5) is 5.82 Å². The van der Waals surface area contributed by atoms with Crippen molar-refractivity contribution in [3.8, 4) is 0 Å². The zero-order valence-corrected chi connectivity index (χ0v) is 13.3. The van der Waals surface area contributed by atoms with Gasteiger partial charge in [0.15, 0.2) is 0 Å². The molecule has 0 unspecified atom stereocenters. The summed E-state index contributed by atoms with van der Waals surface area (Å²) in [5.74, 6) is 3.74. The average molecular weight is 298 g/mol. The number of nitrogens with zero attached hydrogens (tertiary/aromatic N) is 4. The molecule has 0 aromatic carbocycles. The molecule has 3 aliphatic heterocycles. The highest BCUT2D eigenvalue weighted by Gasteiger charge is 2.37. The molecule has 4 heterocycles. The molecule has 0 amide bonds. The highest BCUT2D eigenvalue weighted by Crippen LogP contribution is 2.40. The van der Waals surface area contributed by atoms with Gasteiger partial charge in [0.1, 0.15) is 12.1 Å². The summed E-state index contributed by atoms with van der Waals surface area (Å²) in [5, 5.41) is 0. The third-order valence-electron chi connectivity index (χ3n) is 6.01. The Bertz CT molecular complexity index is 552. The molecule has 1 aromatic rings. The Balaban J connectivity index is 1.36. The molecule has 5 fully saturated rings. The molecule has 2 bridgehead atoms. The van der Waals surface area contributed by atoms with Crippen LogP contribution in [0.2, 0.25) is 0 Å². The van der Waals surface area contributed by atoms with Gasteiger partial charge in [0.2, 0.25) is 0 Å². The van der Waals surface area contributed by atoms with Crippen molar-refractivity contribution in [2.45, 2.75) is 50.5 Å². The van der Waals surface area contributed by atoms with Gasteiger partial charge in [-0.3, -0.25) is 4.90 Å². The zero-order valence-electron chi connectivity index (χ0n) is 13.3. The third kappa shape index (κ3) is 2.62. The van der Waals surface area contributed by atoms with Crippen LogP contribution in [0.3, 0.4) is 0 Å². The van der Waals surface area contributed by atoms with Crippen LogP contribution in [0.15, 0.2) is 12.4 Å². The zero-order chi connectivity index (χ0) is 14.5. The van der Waals surface area contributed by atoms with Crippen molar-refractivity contribution in [1.29, 1.82) is 0 Å². The minimum Gasteiger partial charge on any atom is -0.355 e. The topological polar surface area (TPSA) is 32.3 Å². The minimum absolute atomic E-state index is 0.719. The number of rotatable bonds is 4. The van der Waals surface area contributed by atoms with Crippen molar-refractivity contribution in [2.24, 2.45) is 11.8 Å². The number of hydrogen-bond donors (Lipinski definition) is 0. The molecule has 3 saturated heterocycles. The molecule has 5 aliphatic rings. The fourth-order valence-electron chi connectivity index (χ4n) is 4.36. The summed E-state index contributed by atoms with van der Waals surface area (Å²) in [7, 11) is 0. The van der Waals surface area contributed by atoms with Crippen molar-refractivity contribution in [3.05, 3.63) is 18.1 Å². The van der Waals surface area contributed by atoms with Crippen LogP contribution in [-0.4, -0.2) is 47.1 Å². The van der Waals surface area contributed by atoms with E-state index < -0.39 is 0 Å². The van der Waals surface area contributed by atoms with Crippen LogP contribution in [-0.2, 0) is 0 Å². The summed E-state index contributed by atoms with van der Waals surface area (Å²) >= 11 is 0. The molecule has 0 spiro atoms. The largest absolute Gasteiger partial charge is 0.355 e. The number of piperidine rings is 1. The van der Waals surface area contributed by atoms with Crippen LogP contribution in [0.25, 0.3) is 0 Å². The van der Waals surface area contributed by atoms with Crippen LogP contribution < -0.4 is 4.90 Å². The first kappa shape index (κ1) is 13.3. The molecule has 118 valence electrons. The lowest BCUT2D eigenvalue weighted by atomic mass is 9.95. The summed E-state index contributed by atoms with van der Waals surface area (Å²) in [6, 6.07) is 3.02. The van der Waals surface area contributed by atoms with Crippen LogP contribution in [0.1, 0.15) is 50.1 Å². The maximum Gasteiger partial charge on any atom is 0.132 e. The fourth-order valence-corrected chi connectivity index (χ4v) is 4.36. The van der Waals surface area contributed by atoms with E-state index in [9.17, 15) is 0 Å². The summed E-state index contributed by atoms with van der Waals surface area (Å²) in [4.78, 5) is 14.5. The van der Waals surface area contributed by atoms with E-state index in [1.165, 1.54) is 76.2 Å². The first-order valence-corrected chi connectivity index (χ1v) is 9.16. The quantitative estimate of drug-likeness (QED) is 0.855. The lowest BCUT2D eigenvalue weighted by Gasteiger charge is -2.36. The van der Waals surface area contributed by atoms with E-state index in [1.807, 2.05) is 0 Å². The second kappa shape index (κ2) is 5.19. The summed E-state index contributed by atoms with van der Waals surface area (Å²) in [6.07, 6.45) is 10.1. The van der Waals surface area contributed by atoms with Gasteiger partial charge in [-0.2, -0.15) is 0 Å². The molecular formula is C18H26N4. The Morgan fingerprint density at radius 2 is 1.86 bits per heavy atom. The Morgan fingerprint density at radius 1 is 0.955 bits per heavy atom. The lowest BCUT2D eigenvalue weighted by Crippen LogP contribution is -2.44. The van der Waals surface area contributed by atoms with E-state index in [0.29, 0.717) is 0 Å². The highest BCUT2D eigenvalue weighted by atomic mass is 15.3. The Labute approximate surface area is 132 Å². The Kier molecular flexibility index (Phi) is 3.14. The van der Waals surface area contributed by atoms with E-state index in [2.05, 4.69) is 25.8 Å². The Morgan fingerprint density at radius 3 is 2.68 bits per heavy atom. The van der Waals surface area contributed by atoms with Gasteiger partial charge in [0, 0.05) is 49.9 Å². The van der Waals surface area contributed by atoms with Gasteiger partial charge in [-0.25, -0.2) is 9.97 Å². The molecule has 6 rings (SSSR count). The number of fused-ring (bicyclic) bond motifs is 4. The molecule has 2 atom stereocenters. The molecule has 4 heteroatoms. The SMILES string of the molecule is c1nc(C2CC2)cc(N2C[C@@H]3CC[C@H](C2)N(CC2CC2)C3)n1. The van der Waals surface area contributed by atoms with Crippen molar-refractivity contribution in [3.63, 3.8) is 0 Å². The number of aromatic nitrogens is 2. The van der Waals surface area contributed by atoms with E-state index in [4.69, 9.17) is 0 Å². The maximum absolute atomic E-state index is 4.61. The van der Waals surface area contributed by atoms with E-state index in [1.54, 1.807) is 6.33 Å². The smallest absolute Gasteiger partial charge is 0.132 e. The van der Waals surface area contributed by atoms with Gasteiger partial charge in [0.25, 0.3) is 0 Å². The van der Waals surface area contributed by atoms with Crippen molar-refractivity contribution >= 4 is 5.82 Å². The second-order valence-corrected chi connectivity index (χ2v) is 7.97. The van der Waals surface area contributed by atoms with E-state index >= 15 is 0 Å². The fraction of sp³-hybridized carbons (Fsp3) is 0.778. The minimum atomic E-state index is 0.719. The molecule has 0 radical (unpaired) electrons. The molecule has 4 nitrogen and oxygen atoms in total. The first-order valence-electron chi connectivity index (χ1n) is 9.16. The summed E-state index contributed by atoms with van der Waals surface area (Å²) < 4.78 is 0. The third-order valence-corrected chi connectivity index (χ3v) is 6.01. The van der Waals surface area contributed by atoms with Gasteiger partial charge in [-0.1, -0.05) is 0 Å². The first-order chi connectivity index (χ1) is 10.8. The molecule has 22 heavy (non-hydrogen) atoms. The van der Waals surface area contributed by atoms with E-state index in [0.717, 1.165) is 23.8 Å². The van der Waals surface area contributed by atoms with E-state index in [-0.39, 0.29) is 0 Å². The van der Waals surface area contributed by atoms with Crippen molar-refractivity contribution in [1.82, 2.24) is 14.9 Å². The molecule has 2 saturated carbocycles. The highest BCUT2D eigenvalue weighted by molar-refractivity contribution is 5.41.